The van der Waals surface area contributed by atoms with Gasteiger partial charge in [0, 0.05) is 12.2 Å². The Balaban J connectivity index is 3.31. The Morgan fingerprint density at radius 3 is 0.646 bits per heavy atom. The first-order chi connectivity index (χ1) is 23.7. The molecular weight excluding hydrogens is 592 g/mol. The molecule has 0 radical (unpaired) electrons. The molecule has 0 aromatic rings. The van der Waals surface area contributed by atoms with Gasteiger partial charge in [0.1, 0.15) is 0 Å². The molecule has 4 nitrogen and oxygen atoms in total. The van der Waals surface area contributed by atoms with Gasteiger partial charge in [-0.15, -0.1) is 0 Å². The van der Waals surface area contributed by atoms with Crippen molar-refractivity contribution in [2.75, 3.05) is 13.2 Å². The van der Waals surface area contributed by atoms with Crippen LogP contribution in [0, 0.1) is 0 Å². The van der Waals surface area contributed by atoms with Crippen LogP contribution in [-0.2, 0) is 19.1 Å². The summed E-state index contributed by atoms with van der Waals surface area (Å²) in [5.74, 6) is -0.904. The minimum absolute atomic E-state index is 0.427. The molecule has 48 heavy (non-hydrogen) atoms. The molecule has 0 fully saturated rings. The van der Waals surface area contributed by atoms with Gasteiger partial charge in [-0.2, -0.15) is 0 Å². The summed E-state index contributed by atoms with van der Waals surface area (Å²) in [5, 5.41) is 0. The van der Waals surface area contributed by atoms with Crippen LogP contribution in [0.1, 0.15) is 245 Å². The monoisotopic (exact) mass is 677 g/mol. The number of hydrogen-bond donors (Lipinski definition) is 0. The molecule has 284 valence electrons. The van der Waals surface area contributed by atoms with E-state index in [0.29, 0.717) is 13.2 Å². The minimum atomic E-state index is -0.452. The number of carbonyl (C=O) groups is 2. The normalized spacial score (nSPS) is 11.5. The molecule has 0 unspecified atom stereocenters. The Hall–Kier alpha value is -1.32. The predicted octanol–water partition coefficient (Wildman–Crippen LogP) is 14.7. The number of rotatable bonds is 40. The first-order valence-corrected chi connectivity index (χ1v) is 21.7. The largest absolute Gasteiger partial charge is 0.463 e. The smallest absolute Gasteiger partial charge is 0.331 e. The average Bonchev–Trinajstić information content (AvgIpc) is 3.09. The molecule has 0 saturated carbocycles. The summed E-state index contributed by atoms with van der Waals surface area (Å²) in [4.78, 5) is 23.7. The topological polar surface area (TPSA) is 52.6 Å². The van der Waals surface area contributed by atoms with Crippen LogP contribution in [0.25, 0.3) is 0 Å². The maximum atomic E-state index is 11.9. The van der Waals surface area contributed by atoms with Crippen LogP contribution in [0.2, 0.25) is 0 Å². The van der Waals surface area contributed by atoms with E-state index in [1.165, 1.54) is 218 Å². The highest BCUT2D eigenvalue weighted by Crippen LogP contribution is 2.16. The molecule has 4 heteroatoms. The van der Waals surface area contributed by atoms with Crippen LogP contribution in [-0.4, -0.2) is 25.2 Å². The molecule has 0 heterocycles. The number of ether oxygens (including phenoxy) is 2. The van der Waals surface area contributed by atoms with E-state index in [2.05, 4.69) is 13.8 Å². The van der Waals surface area contributed by atoms with Crippen molar-refractivity contribution in [3.05, 3.63) is 12.2 Å². The fourth-order valence-corrected chi connectivity index (χ4v) is 6.59. The van der Waals surface area contributed by atoms with Gasteiger partial charge in [0.05, 0.1) is 13.2 Å². The number of unbranched alkanes of at least 4 members (excludes halogenated alkanes) is 34. The zero-order valence-corrected chi connectivity index (χ0v) is 32.7. The highest BCUT2D eigenvalue weighted by atomic mass is 16.5. The van der Waals surface area contributed by atoms with Crippen molar-refractivity contribution in [3.63, 3.8) is 0 Å². The van der Waals surface area contributed by atoms with Crippen molar-refractivity contribution in [2.24, 2.45) is 0 Å². The van der Waals surface area contributed by atoms with Gasteiger partial charge in [-0.1, -0.05) is 232 Å². The Kier molecular flexibility index (Phi) is 40.7. The Morgan fingerprint density at radius 2 is 0.458 bits per heavy atom. The second-order valence-corrected chi connectivity index (χ2v) is 14.7. The van der Waals surface area contributed by atoms with Crippen LogP contribution in [0.15, 0.2) is 12.2 Å². The Morgan fingerprint density at radius 1 is 0.292 bits per heavy atom. The molecule has 0 aliphatic rings. The van der Waals surface area contributed by atoms with Crippen molar-refractivity contribution in [3.8, 4) is 0 Å². The molecule has 0 spiro atoms. The van der Waals surface area contributed by atoms with Gasteiger partial charge in [-0.25, -0.2) is 9.59 Å². The third kappa shape index (κ3) is 40.9. The summed E-state index contributed by atoms with van der Waals surface area (Å²) in [6, 6.07) is 0. The molecule has 0 rings (SSSR count). The van der Waals surface area contributed by atoms with E-state index in [9.17, 15) is 9.59 Å². The zero-order valence-electron chi connectivity index (χ0n) is 32.7. The SMILES string of the molecule is CCCCCCCCCCCCCCCCCCCCOC(=O)C=CC(=O)OCCCCCCCCCCCCCCCCCCCC. The van der Waals surface area contributed by atoms with Crippen LogP contribution >= 0.6 is 0 Å². The van der Waals surface area contributed by atoms with Crippen molar-refractivity contribution in [1.82, 2.24) is 0 Å². The van der Waals surface area contributed by atoms with E-state index >= 15 is 0 Å². The van der Waals surface area contributed by atoms with Crippen LogP contribution < -0.4 is 0 Å². The second-order valence-electron chi connectivity index (χ2n) is 14.7. The third-order valence-corrected chi connectivity index (χ3v) is 9.84. The van der Waals surface area contributed by atoms with Gasteiger partial charge in [-0.05, 0) is 12.8 Å². The van der Waals surface area contributed by atoms with Crippen molar-refractivity contribution in [2.45, 2.75) is 245 Å². The third-order valence-electron chi connectivity index (χ3n) is 9.84. The van der Waals surface area contributed by atoms with Crippen LogP contribution in [0.5, 0.6) is 0 Å². The fraction of sp³-hybridized carbons (Fsp3) is 0.909. The predicted molar refractivity (Wildman–Crippen MR) is 209 cm³/mol. The Labute approximate surface area is 300 Å². The summed E-state index contributed by atoms with van der Waals surface area (Å²) in [5.41, 5.74) is 0. The molecule has 0 N–H and O–H groups in total. The summed E-state index contributed by atoms with van der Waals surface area (Å²) in [7, 11) is 0. The van der Waals surface area contributed by atoms with E-state index in [1.807, 2.05) is 0 Å². The lowest BCUT2D eigenvalue weighted by Gasteiger charge is -2.05. The fourth-order valence-electron chi connectivity index (χ4n) is 6.59. The second kappa shape index (κ2) is 41.8. The molecule has 0 aromatic carbocycles. The quantitative estimate of drug-likeness (QED) is 0.0368. The molecule has 0 atom stereocenters. The molecule has 0 aromatic heterocycles. The molecule has 0 saturated heterocycles. The summed E-state index contributed by atoms with van der Waals surface area (Å²) in [6.45, 7) is 5.42. The molecule has 0 bridgehead atoms. The van der Waals surface area contributed by atoms with Gasteiger partial charge < -0.3 is 9.47 Å². The average molecular weight is 677 g/mol. The van der Waals surface area contributed by atoms with E-state index in [-0.39, 0.29) is 0 Å². The highest BCUT2D eigenvalue weighted by Gasteiger charge is 2.02. The van der Waals surface area contributed by atoms with Gasteiger partial charge in [-0.3, -0.25) is 0 Å². The number of carbonyl (C=O) groups excluding carboxylic acids is 2. The summed E-state index contributed by atoms with van der Waals surface area (Å²) >= 11 is 0. The molecule has 0 aliphatic carbocycles. The van der Waals surface area contributed by atoms with Crippen molar-refractivity contribution < 1.29 is 19.1 Å². The number of hydrogen-bond acceptors (Lipinski definition) is 4. The highest BCUT2D eigenvalue weighted by molar-refractivity contribution is 5.91. The van der Waals surface area contributed by atoms with Gasteiger partial charge in [0.15, 0.2) is 0 Å². The lowest BCUT2D eigenvalue weighted by Crippen LogP contribution is -2.06. The van der Waals surface area contributed by atoms with Crippen molar-refractivity contribution >= 4 is 11.9 Å². The zero-order chi connectivity index (χ0) is 34.9. The molecule has 0 amide bonds. The molecule has 0 aliphatic heterocycles. The van der Waals surface area contributed by atoms with E-state index in [4.69, 9.17) is 9.47 Å². The van der Waals surface area contributed by atoms with Gasteiger partial charge >= 0.3 is 11.9 Å². The first-order valence-electron chi connectivity index (χ1n) is 21.7. The van der Waals surface area contributed by atoms with Crippen molar-refractivity contribution in [1.29, 1.82) is 0 Å². The van der Waals surface area contributed by atoms with E-state index in [0.717, 1.165) is 25.7 Å². The maximum Gasteiger partial charge on any atom is 0.331 e. The minimum Gasteiger partial charge on any atom is -0.463 e. The summed E-state index contributed by atoms with van der Waals surface area (Å²) < 4.78 is 10.5. The summed E-state index contributed by atoms with van der Waals surface area (Å²) in [6.07, 6.45) is 50.6. The van der Waals surface area contributed by atoms with Crippen LogP contribution in [0.4, 0.5) is 0 Å². The molecular formula is C44H84O4. The Bertz CT molecular complexity index is 617. The lowest BCUT2D eigenvalue weighted by atomic mass is 10.0. The van der Waals surface area contributed by atoms with Crippen LogP contribution in [0.3, 0.4) is 0 Å². The van der Waals surface area contributed by atoms with E-state index < -0.39 is 11.9 Å². The van der Waals surface area contributed by atoms with Gasteiger partial charge in [0.25, 0.3) is 0 Å². The lowest BCUT2D eigenvalue weighted by molar-refractivity contribution is -0.140. The van der Waals surface area contributed by atoms with Gasteiger partial charge in [0.2, 0.25) is 0 Å². The standard InChI is InChI=1S/C44H84O4/c1-3-5-7-9-11-13-15-17-19-21-23-25-27-29-31-33-35-37-41-47-43(45)39-40-44(46)48-42-38-36-34-32-30-28-26-24-22-20-18-16-14-12-10-8-6-4-2/h39-40H,3-38,41-42H2,1-2H3. The van der Waals surface area contributed by atoms with E-state index in [1.54, 1.807) is 0 Å². The maximum absolute atomic E-state index is 11.9. The number of esters is 2. The first kappa shape index (κ1) is 46.7.